The van der Waals surface area contributed by atoms with E-state index in [-0.39, 0.29) is 12.8 Å². The van der Waals surface area contributed by atoms with Crippen molar-refractivity contribution in [3.63, 3.8) is 0 Å². The lowest BCUT2D eigenvalue weighted by Gasteiger charge is -2.19. The number of allylic oxidation sites excluding steroid dienone is 17. The second-order valence-electron chi connectivity index (χ2n) is 16.5. The predicted molar refractivity (Wildman–Crippen MR) is 279 cm³/mol. The monoisotopic (exact) mass is 1030 g/mol. The Balaban J connectivity index is 3.99. The van der Waals surface area contributed by atoms with Crippen LogP contribution in [0.15, 0.2) is 109 Å². The lowest BCUT2D eigenvalue weighted by molar-refractivity contribution is -0.147. The van der Waals surface area contributed by atoms with Crippen LogP contribution in [0.4, 0.5) is 0 Å². The Bertz CT molecular complexity index is 1670. The van der Waals surface area contributed by atoms with E-state index in [1.807, 2.05) is 12.2 Å². The molecule has 0 amide bonds. The van der Waals surface area contributed by atoms with Crippen molar-refractivity contribution in [2.24, 2.45) is 0 Å². The summed E-state index contributed by atoms with van der Waals surface area (Å²) < 4.78 is 52.9. The molecule has 5 unspecified atom stereocenters. The number of phosphoric ester groups is 2. The van der Waals surface area contributed by atoms with Gasteiger partial charge in [-0.1, -0.05) is 168 Å². The molecule has 0 aliphatic carbocycles. The van der Waals surface area contributed by atoms with E-state index in [9.17, 15) is 43.8 Å². The molecule has 400 valence electrons. The molecule has 0 saturated heterocycles. The van der Waals surface area contributed by atoms with Gasteiger partial charge in [0.15, 0.2) is 0 Å². The fourth-order valence-corrected chi connectivity index (χ4v) is 7.45. The molecule has 5 atom stereocenters. The molecule has 17 heteroatoms. The number of aliphatic hydroxyl groups is 3. The number of carbonyl (C=O) groups excluding carboxylic acids is 2. The Morgan fingerprint density at radius 2 is 0.714 bits per heavy atom. The van der Waals surface area contributed by atoms with Gasteiger partial charge in [-0.25, -0.2) is 9.13 Å². The van der Waals surface area contributed by atoms with Gasteiger partial charge in [0.25, 0.3) is 0 Å². The van der Waals surface area contributed by atoms with Crippen molar-refractivity contribution >= 4 is 27.6 Å². The first-order valence-corrected chi connectivity index (χ1v) is 28.2. The average molecular weight is 1030 g/mol. The minimum absolute atomic E-state index is 0.0444. The van der Waals surface area contributed by atoms with Crippen LogP contribution in [0.3, 0.4) is 0 Å². The summed E-state index contributed by atoms with van der Waals surface area (Å²) in [5.41, 5.74) is 0. The maximum Gasteiger partial charge on any atom is 0.472 e. The van der Waals surface area contributed by atoms with Crippen LogP contribution in [0.25, 0.3) is 0 Å². The highest BCUT2D eigenvalue weighted by molar-refractivity contribution is 7.47. The number of carbonyl (C=O) groups is 2. The summed E-state index contributed by atoms with van der Waals surface area (Å²) in [7, 11) is -9.62. The van der Waals surface area contributed by atoms with E-state index in [2.05, 4.69) is 117 Å². The molecule has 0 radical (unpaired) electrons. The van der Waals surface area contributed by atoms with Crippen molar-refractivity contribution in [2.45, 2.75) is 173 Å². The van der Waals surface area contributed by atoms with Gasteiger partial charge in [-0.15, -0.1) is 0 Å². The number of ether oxygens (including phenoxy) is 2. The number of unbranched alkanes of at least 4 members (excludes halogenated alkanes) is 10. The summed E-state index contributed by atoms with van der Waals surface area (Å²) in [6.45, 7) is 0.132. The SMILES string of the molecule is CC/C=C\C/C=C\C/C=C\C/C=C\C/C=C\C/C=C\C/C=C\CC(=O)OCC(O)COP(=O)(O)OCC(O)COP(=O)(O)OCC(O)COC(=O)CCCCCCCCC/C=C\C/C=C\CCCCC. The molecule has 0 aliphatic heterocycles. The molecule has 0 bridgehead atoms. The van der Waals surface area contributed by atoms with Gasteiger partial charge in [0.1, 0.15) is 31.5 Å². The van der Waals surface area contributed by atoms with Crippen LogP contribution in [0.2, 0.25) is 0 Å². The molecule has 0 aromatic heterocycles. The van der Waals surface area contributed by atoms with Gasteiger partial charge >= 0.3 is 27.6 Å². The van der Waals surface area contributed by atoms with Crippen molar-refractivity contribution in [1.29, 1.82) is 0 Å². The highest BCUT2D eigenvalue weighted by atomic mass is 31.2. The second-order valence-corrected chi connectivity index (χ2v) is 19.4. The van der Waals surface area contributed by atoms with E-state index in [0.717, 1.165) is 77.0 Å². The van der Waals surface area contributed by atoms with E-state index in [0.29, 0.717) is 12.8 Å². The molecule has 0 rings (SSSR count). The third kappa shape index (κ3) is 49.7. The second kappa shape index (κ2) is 48.0. The number of rotatable bonds is 47. The molecule has 0 fully saturated rings. The molecule has 0 aromatic rings. The number of esters is 2. The Hall–Kier alpha value is -3.30. The number of phosphoric acid groups is 2. The highest BCUT2D eigenvalue weighted by Gasteiger charge is 2.28. The summed E-state index contributed by atoms with van der Waals surface area (Å²) in [5.74, 6) is -1.14. The van der Waals surface area contributed by atoms with Crippen molar-refractivity contribution in [3.05, 3.63) is 109 Å². The predicted octanol–water partition coefficient (Wildman–Crippen LogP) is 12.1. The molecule has 0 saturated carbocycles. The molecule has 0 aliphatic rings. The number of hydrogen-bond donors (Lipinski definition) is 5. The van der Waals surface area contributed by atoms with Crippen LogP contribution < -0.4 is 0 Å². The first-order valence-electron chi connectivity index (χ1n) is 25.2. The summed E-state index contributed by atoms with van der Waals surface area (Å²) in [4.78, 5) is 43.8. The van der Waals surface area contributed by atoms with E-state index in [4.69, 9.17) is 9.47 Å². The van der Waals surface area contributed by atoms with Gasteiger partial charge in [0, 0.05) is 6.42 Å². The summed E-state index contributed by atoms with van der Waals surface area (Å²) in [5, 5.41) is 30.0. The van der Waals surface area contributed by atoms with Crippen molar-refractivity contribution in [2.75, 3.05) is 39.6 Å². The maximum absolute atomic E-state index is 12.2. The van der Waals surface area contributed by atoms with E-state index >= 15 is 0 Å². The third-order valence-corrected chi connectivity index (χ3v) is 11.6. The molecular formula is C53H88O15P2. The van der Waals surface area contributed by atoms with Crippen molar-refractivity contribution in [3.8, 4) is 0 Å². The zero-order valence-electron chi connectivity index (χ0n) is 42.1. The van der Waals surface area contributed by atoms with Crippen LogP contribution in [0, 0.1) is 0 Å². The normalized spacial score (nSPS) is 15.8. The standard InChI is InChI=1S/C53H88O15P2/c1-3-5-7-9-11-13-15-17-19-21-22-23-24-26-28-30-32-34-36-38-40-42-53(58)64-44-50(55)46-66-70(61,62)68-48-51(56)47-67-69(59,60)65-45-49(54)43-63-52(57)41-39-37-35-33-31-29-27-25-20-18-16-14-12-10-8-6-4-2/h5,7,11-14,17-20,22-23,26,28,32,34,38,40,49-51,54-56H,3-4,6,8-10,15-16,21,24-25,27,29-31,33,35-37,39,41-48H2,1-2H3,(H,59,60)(H,61,62)/b7-5-,13-11-,14-12-,19-17-,20-18-,23-22-,28-26-,34-32-,40-38-. The fourth-order valence-electron chi connectivity index (χ4n) is 5.86. The maximum atomic E-state index is 12.2. The molecule has 0 spiro atoms. The van der Waals surface area contributed by atoms with Gasteiger partial charge < -0.3 is 34.6 Å². The summed E-state index contributed by atoms with van der Waals surface area (Å²) >= 11 is 0. The zero-order chi connectivity index (χ0) is 51.7. The van der Waals surface area contributed by atoms with E-state index in [1.54, 1.807) is 12.2 Å². The first-order chi connectivity index (χ1) is 33.8. The van der Waals surface area contributed by atoms with Crippen LogP contribution in [-0.2, 0) is 46.3 Å². The largest absolute Gasteiger partial charge is 0.472 e. The van der Waals surface area contributed by atoms with Gasteiger partial charge in [-0.05, 0) is 83.5 Å². The highest BCUT2D eigenvalue weighted by Crippen LogP contribution is 2.45. The number of hydrogen-bond acceptors (Lipinski definition) is 13. The Labute approximate surface area is 420 Å². The quantitative estimate of drug-likeness (QED) is 0.0165. The molecule has 0 aromatic carbocycles. The fraction of sp³-hybridized carbons (Fsp3) is 0.623. The van der Waals surface area contributed by atoms with Gasteiger partial charge in [-0.2, -0.15) is 0 Å². The topological polar surface area (TPSA) is 225 Å². The molecule has 15 nitrogen and oxygen atoms in total. The molecule has 0 heterocycles. The van der Waals surface area contributed by atoms with E-state index in [1.165, 1.54) is 38.5 Å². The number of aliphatic hydroxyl groups excluding tert-OH is 3. The van der Waals surface area contributed by atoms with Gasteiger partial charge in [0.05, 0.1) is 32.8 Å². The summed E-state index contributed by atoms with van der Waals surface area (Å²) in [6, 6.07) is 0. The molecule has 5 N–H and O–H groups in total. The lowest BCUT2D eigenvalue weighted by atomic mass is 10.1. The van der Waals surface area contributed by atoms with Crippen LogP contribution >= 0.6 is 15.6 Å². The minimum Gasteiger partial charge on any atom is -0.463 e. The zero-order valence-corrected chi connectivity index (χ0v) is 43.9. The summed E-state index contributed by atoms with van der Waals surface area (Å²) in [6.07, 6.45) is 53.8. The van der Waals surface area contributed by atoms with E-state index < -0.39 is 85.5 Å². The minimum atomic E-state index is -4.82. The molecular weight excluding hydrogens is 939 g/mol. The average Bonchev–Trinajstić information content (AvgIpc) is 3.34. The molecule has 70 heavy (non-hydrogen) atoms. The first kappa shape index (κ1) is 66.7. The van der Waals surface area contributed by atoms with Crippen molar-refractivity contribution < 1.29 is 71.4 Å². The lowest BCUT2D eigenvalue weighted by Crippen LogP contribution is -2.25. The van der Waals surface area contributed by atoms with Gasteiger partial charge in [-0.3, -0.25) is 27.7 Å². The Morgan fingerprint density at radius 3 is 1.11 bits per heavy atom. The van der Waals surface area contributed by atoms with Crippen LogP contribution in [0.5, 0.6) is 0 Å². The van der Waals surface area contributed by atoms with Crippen LogP contribution in [-0.4, -0.2) is 95.0 Å². The smallest absolute Gasteiger partial charge is 0.463 e. The van der Waals surface area contributed by atoms with Crippen LogP contribution in [0.1, 0.15) is 155 Å². The van der Waals surface area contributed by atoms with Gasteiger partial charge in [0.2, 0.25) is 0 Å². The third-order valence-electron chi connectivity index (χ3n) is 9.75. The van der Waals surface area contributed by atoms with Crippen molar-refractivity contribution in [1.82, 2.24) is 0 Å². The Kier molecular flexibility index (Phi) is 45.7. The Morgan fingerprint density at radius 1 is 0.400 bits per heavy atom.